The van der Waals surface area contributed by atoms with Crippen LogP contribution in [0.4, 0.5) is 0 Å². The molecule has 4 N–H and O–H groups in total. The molecule has 11 heavy (non-hydrogen) atoms. The van der Waals surface area contributed by atoms with Gasteiger partial charge in [-0.15, -0.1) is 5.43 Å². The number of hydrogen-bond donors (Lipinski definition) is 4. The average Bonchev–Trinajstić information content (AvgIpc) is 1.98. The summed E-state index contributed by atoms with van der Waals surface area (Å²) in [6.07, 6.45) is 0. The van der Waals surface area contributed by atoms with Crippen LogP contribution in [-0.4, -0.2) is 33.9 Å². The molecule has 0 spiro atoms. The molecular formula is C3H7N3O5. The highest BCUT2D eigenvalue weighted by Gasteiger charge is 2.20. The maximum atomic E-state index is 10.4. The lowest BCUT2D eigenvalue weighted by atomic mass is 10.3. The first-order valence-corrected chi connectivity index (χ1v) is 2.57. The Kier molecular flexibility index (Phi) is 3.85. The number of nitrogens with zero attached hydrogens (tertiary/aromatic N) is 1. The van der Waals surface area contributed by atoms with E-state index in [9.17, 15) is 14.9 Å². The SMILES string of the molecule is O=C(NO)C(CO)N[N+](=O)[O-]. The molecule has 0 bridgehead atoms. The predicted octanol–water partition coefficient (Wildman–Crippen LogP) is -2.37. The maximum absolute atomic E-state index is 10.4. The number of aliphatic hydroxyl groups is 1. The average molecular weight is 165 g/mol. The van der Waals surface area contributed by atoms with Crippen LogP contribution in [0.25, 0.3) is 0 Å². The highest BCUT2D eigenvalue weighted by Crippen LogP contribution is 1.80. The second-order valence-electron chi connectivity index (χ2n) is 1.60. The van der Waals surface area contributed by atoms with Crippen LogP contribution in [0.2, 0.25) is 0 Å². The van der Waals surface area contributed by atoms with Gasteiger partial charge in [0.25, 0.3) is 5.91 Å². The summed E-state index contributed by atoms with van der Waals surface area (Å²) in [5, 5.41) is 25.0. The van der Waals surface area contributed by atoms with Crippen molar-refractivity contribution >= 4 is 5.91 Å². The van der Waals surface area contributed by atoms with E-state index < -0.39 is 23.6 Å². The summed E-state index contributed by atoms with van der Waals surface area (Å²) in [5.41, 5.74) is 2.64. The molecule has 0 aliphatic carbocycles. The zero-order chi connectivity index (χ0) is 8.85. The molecule has 0 heterocycles. The smallest absolute Gasteiger partial charge is 0.274 e. The second kappa shape index (κ2) is 4.41. The molecule has 0 aliphatic rings. The highest BCUT2D eigenvalue weighted by molar-refractivity contribution is 5.80. The van der Waals surface area contributed by atoms with E-state index in [0.29, 0.717) is 0 Å². The number of amides is 1. The van der Waals surface area contributed by atoms with Gasteiger partial charge in [-0.2, -0.15) is 0 Å². The van der Waals surface area contributed by atoms with E-state index in [0.717, 1.165) is 5.48 Å². The van der Waals surface area contributed by atoms with Crippen molar-refractivity contribution < 1.29 is 20.1 Å². The summed E-state index contributed by atoms with van der Waals surface area (Å²) in [6.45, 7) is -0.770. The van der Waals surface area contributed by atoms with Crippen LogP contribution in [0.3, 0.4) is 0 Å². The van der Waals surface area contributed by atoms with E-state index in [1.807, 2.05) is 0 Å². The van der Waals surface area contributed by atoms with Crippen molar-refractivity contribution in [3.63, 3.8) is 0 Å². The summed E-state index contributed by atoms with van der Waals surface area (Å²) >= 11 is 0. The summed E-state index contributed by atoms with van der Waals surface area (Å²) < 4.78 is 0. The minimum Gasteiger partial charge on any atom is -0.393 e. The molecule has 0 aromatic carbocycles. The quantitative estimate of drug-likeness (QED) is 0.210. The van der Waals surface area contributed by atoms with Crippen molar-refractivity contribution in [2.75, 3.05) is 6.61 Å². The zero-order valence-corrected chi connectivity index (χ0v) is 5.35. The predicted molar refractivity (Wildman–Crippen MR) is 30.9 cm³/mol. The third-order valence-electron chi connectivity index (χ3n) is 0.871. The van der Waals surface area contributed by atoms with E-state index in [1.54, 1.807) is 0 Å². The van der Waals surface area contributed by atoms with Crippen LogP contribution in [0.5, 0.6) is 0 Å². The molecular weight excluding hydrogens is 158 g/mol. The number of hydroxylamine groups is 1. The van der Waals surface area contributed by atoms with E-state index in [1.165, 1.54) is 5.43 Å². The first-order valence-electron chi connectivity index (χ1n) is 2.57. The molecule has 0 radical (unpaired) electrons. The number of hydrazine groups is 1. The fourth-order valence-electron chi connectivity index (χ4n) is 0.388. The molecule has 64 valence electrons. The molecule has 1 atom stereocenters. The Morgan fingerprint density at radius 1 is 1.73 bits per heavy atom. The largest absolute Gasteiger partial charge is 0.393 e. The summed E-state index contributed by atoms with van der Waals surface area (Å²) in [7, 11) is 0. The Hall–Kier alpha value is -1.41. The fraction of sp³-hybridized carbons (Fsp3) is 0.667. The molecule has 0 rings (SSSR count). The van der Waals surface area contributed by atoms with Gasteiger partial charge in [-0.1, -0.05) is 0 Å². The summed E-state index contributed by atoms with van der Waals surface area (Å²) in [5.74, 6) is -1.07. The van der Waals surface area contributed by atoms with E-state index in [4.69, 9.17) is 10.3 Å². The van der Waals surface area contributed by atoms with Crippen molar-refractivity contribution in [2.45, 2.75) is 6.04 Å². The zero-order valence-electron chi connectivity index (χ0n) is 5.35. The number of nitro groups is 1. The van der Waals surface area contributed by atoms with Gasteiger partial charge < -0.3 is 5.11 Å². The molecule has 0 saturated carbocycles. The van der Waals surface area contributed by atoms with E-state index in [2.05, 4.69) is 0 Å². The highest BCUT2D eigenvalue weighted by atomic mass is 16.7. The fourth-order valence-corrected chi connectivity index (χ4v) is 0.388. The Labute approximate surface area is 60.9 Å². The molecule has 1 amide bonds. The first kappa shape index (κ1) is 9.59. The third kappa shape index (κ3) is 3.33. The number of carbonyl (C=O) groups is 1. The van der Waals surface area contributed by atoms with Crippen molar-refractivity contribution in [2.24, 2.45) is 0 Å². The standard InChI is InChI=1S/C3H7N3O5/c7-1-2(3(8)5-9)4-6(10)11/h2,4,7,9H,1H2,(H,5,8). The first-order chi connectivity index (χ1) is 5.11. The Balaban J connectivity index is 3.94. The van der Waals surface area contributed by atoms with Gasteiger partial charge in [0.05, 0.1) is 6.61 Å². The van der Waals surface area contributed by atoms with Crippen molar-refractivity contribution in [3.8, 4) is 0 Å². The summed E-state index contributed by atoms with van der Waals surface area (Å²) in [6, 6.07) is -1.44. The van der Waals surface area contributed by atoms with Crippen LogP contribution < -0.4 is 10.9 Å². The normalized spacial score (nSPS) is 11.8. The Bertz CT molecular complexity index is 159. The molecule has 1 unspecified atom stereocenters. The van der Waals surface area contributed by atoms with Crippen molar-refractivity contribution in [1.29, 1.82) is 0 Å². The van der Waals surface area contributed by atoms with Gasteiger partial charge >= 0.3 is 0 Å². The van der Waals surface area contributed by atoms with Gasteiger partial charge in [0, 0.05) is 0 Å². The van der Waals surface area contributed by atoms with Crippen LogP contribution in [0.15, 0.2) is 0 Å². The molecule has 0 aromatic heterocycles. The molecule has 8 heteroatoms. The van der Waals surface area contributed by atoms with E-state index >= 15 is 0 Å². The monoisotopic (exact) mass is 165 g/mol. The molecule has 0 saturated heterocycles. The van der Waals surface area contributed by atoms with Crippen LogP contribution >= 0.6 is 0 Å². The van der Waals surface area contributed by atoms with Gasteiger partial charge in [0.15, 0.2) is 11.1 Å². The number of hydrogen-bond acceptors (Lipinski definition) is 5. The van der Waals surface area contributed by atoms with Crippen LogP contribution in [0.1, 0.15) is 0 Å². The molecule has 0 aromatic rings. The second-order valence-corrected chi connectivity index (χ2v) is 1.60. The lowest BCUT2D eigenvalue weighted by molar-refractivity contribution is -0.549. The number of rotatable bonds is 4. The van der Waals surface area contributed by atoms with Crippen LogP contribution in [-0.2, 0) is 4.79 Å². The molecule has 8 nitrogen and oxygen atoms in total. The molecule has 0 fully saturated rings. The number of aliphatic hydroxyl groups excluding tert-OH is 1. The van der Waals surface area contributed by atoms with Gasteiger partial charge in [0.2, 0.25) is 0 Å². The number of nitrogens with one attached hydrogen (secondary N) is 2. The van der Waals surface area contributed by atoms with Crippen molar-refractivity contribution in [1.82, 2.24) is 10.9 Å². The van der Waals surface area contributed by atoms with Gasteiger partial charge in [0.1, 0.15) is 0 Å². The lowest BCUT2D eigenvalue weighted by Crippen LogP contribution is -2.47. The van der Waals surface area contributed by atoms with E-state index in [-0.39, 0.29) is 0 Å². The van der Waals surface area contributed by atoms with Gasteiger partial charge in [-0.3, -0.25) is 10.0 Å². The maximum Gasteiger partial charge on any atom is 0.274 e. The minimum absolute atomic E-state index is 0.770. The topological polar surface area (TPSA) is 125 Å². The van der Waals surface area contributed by atoms with Crippen molar-refractivity contribution in [3.05, 3.63) is 10.1 Å². The Morgan fingerprint density at radius 3 is 2.55 bits per heavy atom. The van der Waals surface area contributed by atoms with Crippen LogP contribution in [0, 0.1) is 10.1 Å². The van der Waals surface area contributed by atoms with Gasteiger partial charge in [-0.05, 0) is 0 Å². The molecule has 0 aliphatic heterocycles. The lowest BCUT2D eigenvalue weighted by Gasteiger charge is -2.06. The van der Waals surface area contributed by atoms with Gasteiger partial charge in [-0.25, -0.2) is 15.6 Å². The minimum atomic E-state index is -1.44. The summed E-state index contributed by atoms with van der Waals surface area (Å²) in [4.78, 5) is 20.1. The number of carbonyl (C=O) groups excluding carboxylic acids is 1. The Morgan fingerprint density at radius 2 is 2.27 bits per heavy atom. The third-order valence-corrected chi connectivity index (χ3v) is 0.871.